The molecule has 3 nitrogen and oxygen atoms in total. The largest absolute Gasteiger partial charge is 0.369 e. The first kappa shape index (κ1) is 17.2. The molecule has 0 atom stereocenters. The van der Waals surface area contributed by atoms with Gasteiger partial charge in [-0.3, -0.25) is 0 Å². The van der Waals surface area contributed by atoms with Crippen molar-refractivity contribution < 1.29 is 0 Å². The number of hydrogen-bond donors (Lipinski definition) is 1. The van der Waals surface area contributed by atoms with Gasteiger partial charge in [-0.15, -0.1) is 0 Å². The van der Waals surface area contributed by atoms with Crippen molar-refractivity contribution in [2.45, 2.75) is 26.2 Å². The van der Waals surface area contributed by atoms with Crippen LogP contribution in [-0.2, 0) is 0 Å². The summed E-state index contributed by atoms with van der Waals surface area (Å²) in [6.45, 7) is 3.11. The van der Waals surface area contributed by atoms with Gasteiger partial charge in [-0.25, -0.2) is 9.97 Å². The van der Waals surface area contributed by atoms with E-state index in [1.807, 2.05) is 42.5 Å². The Bertz CT molecular complexity index is 834. The Labute approximate surface area is 155 Å². The van der Waals surface area contributed by atoms with Gasteiger partial charge in [0.1, 0.15) is 5.82 Å². The summed E-state index contributed by atoms with van der Waals surface area (Å²) in [7, 11) is 0. The molecular weight excluding hydrogens is 386 g/mol. The van der Waals surface area contributed by atoms with E-state index in [2.05, 4.69) is 28.2 Å². The zero-order chi connectivity index (χ0) is 16.9. The average Bonchev–Trinajstić information content (AvgIpc) is 2.58. The zero-order valence-corrected chi connectivity index (χ0v) is 15.9. The summed E-state index contributed by atoms with van der Waals surface area (Å²) in [5.41, 5.74) is 1.84. The van der Waals surface area contributed by atoms with Gasteiger partial charge in [0.2, 0.25) is 0 Å². The number of benzene rings is 2. The Kier molecular flexibility index (Phi) is 5.69. The lowest BCUT2D eigenvalue weighted by molar-refractivity contribution is 0.743. The van der Waals surface area contributed by atoms with Gasteiger partial charge in [0.05, 0.1) is 5.52 Å². The third-order valence-electron chi connectivity index (χ3n) is 3.83. The molecular formula is C19H19BrClN3. The van der Waals surface area contributed by atoms with E-state index in [0.717, 1.165) is 39.7 Å². The van der Waals surface area contributed by atoms with E-state index in [1.165, 1.54) is 12.8 Å². The summed E-state index contributed by atoms with van der Waals surface area (Å²) in [5.74, 6) is 1.57. The first-order chi connectivity index (χ1) is 11.7. The van der Waals surface area contributed by atoms with Gasteiger partial charge in [0.15, 0.2) is 5.82 Å². The minimum absolute atomic E-state index is 0.680. The van der Waals surface area contributed by atoms with Crippen LogP contribution in [0.4, 0.5) is 5.82 Å². The fourth-order valence-electron chi connectivity index (χ4n) is 2.55. The Morgan fingerprint density at radius 1 is 1.04 bits per heavy atom. The number of rotatable bonds is 6. The van der Waals surface area contributed by atoms with Crippen LogP contribution in [0.3, 0.4) is 0 Å². The van der Waals surface area contributed by atoms with Crippen LogP contribution in [0.1, 0.15) is 26.2 Å². The molecule has 0 unspecified atom stereocenters. The number of halogens is 2. The van der Waals surface area contributed by atoms with Crippen LogP contribution in [0.2, 0.25) is 5.02 Å². The molecule has 2 aromatic carbocycles. The van der Waals surface area contributed by atoms with Gasteiger partial charge in [-0.2, -0.15) is 0 Å². The monoisotopic (exact) mass is 403 g/mol. The lowest BCUT2D eigenvalue weighted by Gasteiger charge is -2.11. The molecule has 3 rings (SSSR count). The molecule has 0 saturated carbocycles. The summed E-state index contributed by atoms with van der Waals surface area (Å²) in [6.07, 6.45) is 3.54. The highest BCUT2D eigenvalue weighted by Crippen LogP contribution is 2.27. The minimum Gasteiger partial charge on any atom is -0.369 e. The number of hydrogen-bond acceptors (Lipinski definition) is 3. The van der Waals surface area contributed by atoms with Crippen molar-refractivity contribution in [3.05, 3.63) is 52.0 Å². The second-order valence-electron chi connectivity index (χ2n) is 5.70. The SMILES string of the molecule is CCCCCNc1nc(-c2ccc(Br)cc2)nc2cc(Cl)ccc12. The molecule has 0 aliphatic heterocycles. The summed E-state index contributed by atoms with van der Waals surface area (Å²) in [4.78, 5) is 9.44. The summed E-state index contributed by atoms with van der Waals surface area (Å²) < 4.78 is 1.04. The highest BCUT2D eigenvalue weighted by atomic mass is 79.9. The van der Waals surface area contributed by atoms with Crippen molar-refractivity contribution in [2.24, 2.45) is 0 Å². The van der Waals surface area contributed by atoms with E-state index in [1.54, 1.807) is 0 Å². The van der Waals surface area contributed by atoms with E-state index < -0.39 is 0 Å². The molecule has 0 spiro atoms. The summed E-state index contributed by atoms with van der Waals surface area (Å²) >= 11 is 9.61. The molecule has 5 heteroatoms. The normalized spacial score (nSPS) is 11.0. The van der Waals surface area contributed by atoms with Crippen LogP contribution in [0.15, 0.2) is 46.9 Å². The number of nitrogens with one attached hydrogen (secondary N) is 1. The molecule has 1 N–H and O–H groups in total. The third kappa shape index (κ3) is 4.05. The van der Waals surface area contributed by atoms with Crippen LogP contribution in [0.5, 0.6) is 0 Å². The fourth-order valence-corrected chi connectivity index (χ4v) is 2.98. The van der Waals surface area contributed by atoms with Crippen molar-refractivity contribution in [1.82, 2.24) is 9.97 Å². The fraction of sp³-hybridized carbons (Fsp3) is 0.263. The Morgan fingerprint density at radius 2 is 1.83 bits per heavy atom. The second-order valence-corrected chi connectivity index (χ2v) is 7.05. The molecule has 0 amide bonds. The topological polar surface area (TPSA) is 37.8 Å². The zero-order valence-electron chi connectivity index (χ0n) is 13.5. The van der Waals surface area contributed by atoms with Crippen molar-refractivity contribution in [2.75, 3.05) is 11.9 Å². The molecule has 0 bridgehead atoms. The molecule has 1 heterocycles. The van der Waals surface area contributed by atoms with Crippen LogP contribution in [0, 0.1) is 0 Å². The molecule has 0 saturated heterocycles. The maximum atomic E-state index is 6.15. The molecule has 0 radical (unpaired) electrons. The van der Waals surface area contributed by atoms with Crippen molar-refractivity contribution in [3.63, 3.8) is 0 Å². The molecule has 0 aliphatic rings. The number of fused-ring (bicyclic) bond motifs is 1. The van der Waals surface area contributed by atoms with Crippen LogP contribution in [-0.4, -0.2) is 16.5 Å². The summed E-state index contributed by atoms with van der Waals surface area (Å²) in [6, 6.07) is 13.8. The number of nitrogens with zero attached hydrogens (tertiary/aromatic N) is 2. The highest BCUT2D eigenvalue weighted by molar-refractivity contribution is 9.10. The summed E-state index contributed by atoms with van der Waals surface area (Å²) in [5, 5.41) is 5.14. The highest BCUT2D eigenvalue weighted by Gasteiger charge is 2.10. The van der Waals surface area contributed by atoms with Gasteiger partial charge >= 0.3 is 0 Å². The maximum Gasteiger partial charge on any atom is 0.162 e. The van der Waals surface area contributed by atoms with Crippen molar-refractivity contribution >= 4 is 44.3 Å². The first-order valence-electron chi connectivity index (χ1n) is 8.14. The average molecular weight is 405 g/mol. The third-order valence-corrected chi connectivity index (χ3v) is 4.60. The number of anilines is 1. The standard InChI is InChI=1S/C19H19BrClN3/c1-2-3-4-11-22-19-16-10-9-15(21)12-17(16)23-18(24-19)13-5-7-14(20)8-6-13/h5-10,12H,2-4,11H2,1H3,(H,22,23,24). The second kappa shape index (κ2) is 7.95. The lowest BCUT2D eigenvalue weighted by atomic mass is 10.2. The quantitative estimate of drug-likeness (QED) is 0.489. The van der Waals surface area contributed by atoms with E-state index in [4.69, 9.17) is 21.6 Å². The van der Waals surface area contributed by atoms with Crippen LogP contribution < -0.4 is 5.32 Å². The lowest BCUT2D eigenvalue weighted by Crippen LogP contribution is -2.05. The van der Waals surface area contributed by atoms with Gasteiger partial charge < -0.3 is 5.32 Å². The minimum atomic E-state index is 0.680. The molecule has 0 fully saturated rings. The number of aromatic nitrogens is 2. The molecule has 1 aromatic heterocycles. The Hall–Kier alpha value is -1.65. The van der Waals surface area contributed by atoms with E-state index >= 15 is 0 Å². The van der Waals surface area contributed by atoms with Gasteiger partial charge in [-0.05, 0) is 36.8 Å². The predicted octanol–water partition coefficient (Wildman–Crippen LogP) is 6.31. The predicted molar refractivity (Wildman–Crippen MR) is 106 cm³/mol. The number of unbranched alkanes of at least 4 members (excludes halogenated alkanes) is 2. The Morgan fingerprint density at radius 3 is 2.58 bits per heavy atom. The van der Waals surface area contributed by atoms with Gasteiger partial charge in [0.25, 0.3) is 0 Å². The molecule has 124 valence electrons. The van der Waals surface area contributed by atoms with Crippen LogP contribution >= 0.6 is 27.5 Å². The van der Waals surface area contributed by atoms with E-state index in [0.29, 0.717) is 10.8 Å². The van der Waals surface area contributed by atoms with E-state index in [9.17, 15) is 0 Å². The van der Waals surface area contributed by atoms with Gasteiger partial charge in [0, 0.05) is 27.0 Å². The smallest absolute Gasteiger partial charge is 0.162 e. The molecule has 24 heavy (non-hydrogen) atoms. The van der Waals surface area contributed by atoms with Crippen LogP contribution in [0.25, 0.3) is 22.3 Å². The van der Waals surface area contributed by atoms with E-state index in [-0.39, 0.29) is 0 Å². The van der Waals surface area contributed by atoms with Gasteiger partial charge in [-0.1, -0.05) is 59.4 Å². The molecule has 0 aliphatic carbocycles. The maximum absolute atomic E-state index is 6.15. The molecule has 3 aromatic rings. The Balaban J connectivity index is 2.01. The first-order valence-corrected chi connectivity index (χ1v) is 9.31. The van der Waals surface area contributed by atoms with Crippen molar-refractivity contribution in [1.29, 1.82) is 0 Å². The van der Waals surface area contributed by atoms with Crippen molar-refractivity contribution in [3.8, 4) is 11.4 Å².